The first-order valence-electron chi connectivity index (χ1n) is 6.87. The van der Waals surface area contributed by atoms with E-state index in [-0.39, 0.29) is 18.3 Å². The van der Waals surface area contributed by atoms with Gasteiger partial charge in [-0.15, -0.1) is 0 Å². The van der Waals surface area contributed by atoms with E-state index in [1.54, 1.807) is 19.0 Å². The van der Waals surface area contributed by atoms with Gasteiger partial charge in [-0.3, -0.25) is 9.69 Å². The molecule has 1 aromatic carbocycles. The van der Waals surface area contributed by atoms with Gasteiger partial charge in [0.15, 0.2) is 0 Å². The number of nitrogens with zero attached hydrogens (tertiary/aromatic N) is 2. The van der Waals surface area contributed by atoms with Gasteiger partial charge in [-0.2, -0.15) is 0 Å². The maximum atomic E-state index is 13.6. The smallest absolute Gasteiger partial charge is 0.236 e. The fourth-order valence-electron chi connectivity index (χ4n) is 1.84. The standard InChI is InChI=1S/C16H22FN3O/c1-4-20(12-16(21)19(2)3)11-14-8-13(6-5-7-18)9-15(17)10-14/h8-10H,4,7,11-12,18H2,1-3H3. The molecule has 0 fully saturated rings. The van der Waals surface area contributed by atoms with Gasteiger partial charge in [-0.05, 0) is 30.3 Å². The molecule has 0 saturated heterocycles. The first-order valence-corrected chi connectivity index (χ1v) is 6.87. The van der Waals surface area contributed by atoms with Crippen molar-refractivity contribution < 1.29 is 9.18 Å². The van der Waals surface area contributed by atoms with Gasteiger partial charge in [-0.1, -0.05) is 18.8 Å². The zero-order chi connectivity index (χ0) is 15.8. The molecule has 114 valence electrons. The number of amides is 1. The largest absolute Gasteiger partial charge is 0.348 e. The summed E-state index contributed by atoms with van der Waals surface area (Å²) in [4.78, 5) is 15.3. The Morgan fingerprint density at radius 3 is 2.62 bits per heavy atom. The molecule has 1 amide bonds. The summed E-state index contributed by atoms with van der Waals surface area (Å²) in [7, 11) is 3.44. The highest BCUT2D eigenvalue weighted by Gasteiger charge is 2.12. The van der Waals surface area contributed by atoms with Crippen molar-refractivity contribution in [1.82, 2.24) is 9.80 Å². The van der Waals surface area contributed by atoms with Crippen LogP contribution in [0.4, 0.5) is 4.39 Å². The molecule has 0 bridgehead atoms. The van der Waals surface area contributed by atoms with Crippen molar-refractivity contribution in [2.75, 3.05) is 33.7 Å². The third-order valence-corrected chi connectivity index (χ3v) is 3.00. The summed E-state index contributed by atoms with van der Waals surface area (Å²) in [5.41, 5.74) is 6.72. The lowest BCUT2D eigenvalue weighted by Gasteiger charge is -2.22. The SMILES string of the molecule is CCN(CC(=O)N(C)C)Cc1cc(F)cc(C#CCN)c1. The maximum Gasteiger partial charge on any atom is 0.236 e. The molecule has 0 unspecified atom stereocenters. The second kappa shape index (κ2) is 8.40. The average molecular weight is 291 g/mol. The van der Waals surface area contributed by atoms with Gasteiger partial charge in [0.1, 0.15) is 5.82 Å². The highest BCUT2D eigenvalue weighted by molar-refractivity contribution is 5.77. The monoisotopic (exact) mass is 291 g/mol. The number of rotatable bonds is 5. The van der Waals surface area contributed by atoms with E-state index >= 15 is 0 Å². The van der Waals surface area contributed by atoms with Crippen molar-refractivity contribution in [2.45, 2.75) is 13.5 Å². The highest BCUT2D eigenvalue weighted by Crippen LogP contribution is 2.11. The number of benzene rings is 1. The minimum Gasteiger partial charge on any atom is -0.348 e. The molecular formula is C16H22FN3O. The van der Waals surface area contributed by atoms with Gasteiger partial charge in [-0.25, -0.2) is 4.39 Å². The topological polar surface area (TPSA) is 49.6 Å². The molecule has 0 aliphatic rings. The van der Waals surface area contributed by atoms with Gasteiger partial charge >= 0.3 is 0 Å². The van der Waals surface area contributed by atoms with E-state index in [9.17, 15) is 9.18 Å². The van der Waals surface area contributed by atoms with Crippen LogP contribution in [-0.4, -0.2) is 49.4 Å². The van der Waals surface area contributed by atoms with Crippen LogP contribution >= 0.6 is 0 Å². The Kier molecular flexibility index (Phi) is 6.86. The second-order valence-electron chi connectivity index (χ2n) is 4.95. The molecule has 4 nitrogen and oxygen atoms in total. The summed E-state index contributed by atoms with van der Waals surface area (Å²) < 4.78 is 13.6. The van der Waals surface area contributed by atoms with Crippen LogP contribution < -0.4 is 5.73 Å². The minimum absolute atomic E-state index is 0.0244. The molecule has 0 atom stereocenters. The number of likely N-dealkylation sites (N-methyl/N-ethyl adjacent to an activating group) is 2. The molecule has 1 rings (SSSR count). The Bertz CT molecular complexity index is 546. The summed E-state index contributed by atoms with van der Waals surface area (Å²) in [5, 5.41) is 0. The molecule has 0 heterocycles. The average Bonchev–Trinajstić information content (AvgIpc) is 2.43. The number of carbonyl (C=O) groups is 1. The summed E-state index contributed by atoms with van der Waals surface area (Å²) in [5.74, 6) is 5.23. The minimum atomic E-state index is -0.330. The fourth-order valence-corrected chi connectivity index (χ4v) is 1.84. The predicted molar refractivity (Wildman–Crippen MR) is 82.0 cm³/mol. The first kappa shape index (κ1) is 17.2. The molecule has 0 spiro atoms. The van der Waals surface area contributed by atoms with E-state index in [0.717, 1.165) is 5.56 Å². The molecule has 0 aliphatic heterocycles. The summed E-state index contributed by atoms with van der Waals surface area (Å²) in [6.07, 6.45) is 0. The van der Waals surface area contributed by atoms with Gasteiger partial charge in [0.05, 0.1) is 13.1 Å². The number of nitrogens with two attached hydrogens (primary N) is 1. The normalized spacial score (nSPS) is 10.2. The lowest BCUT2D eigenvalue weighted by molar-refractivity contribution is -0.130. The number of carbonyl (C=O) groups excluding carboxylic acids is 1. The Morgan fingerprint density at radius 1 is 1.33 bits per heavy atom. The summed E-state index contributed by atoms with van der Waals surface area (Å²) in [6.45, 7) is 3.73. The number of hydrogen-bond acceptors (Lipinski definition) is 3. The van der Waals surface area contributed by atoms with E-state index in [1.807, 2.05) is 17.9 Å². The zero-order valence-corrected chi connectivity index (χ0v) is 12.8. The van der Waals surface area contributed by atoms with Gasteiger partial charge in [0.2, 0.25) is 5.91 Å². The molecule has 2 N–H and O–H groups in total. The summed E-state index contributed by atoms with van der Waals surface area (Å²) in [6, 6.07) is 4.68. The van der Waals surface area contributed by atoms with Crippen LogP contribution in [0.25, 0.3) is 0 Å². The fraction of sp³-hybridized carbons (Fsp3) is 0.438. The Morgan fingerprint density at radius 2 is 2.05 bits per heavy atom. The van der Waals surface area contributed by atoms with E-state index in [0.29, 0.717) is 25.2 Å². The molecular weight excluding hydrogens is 269 g/mol. The van der Waals surface area contributed by atoms with Gasteiger partial charge in [0, 0.05) is 26.2 Å². The van der Waals surface area contributed by atoms with Crippen molar-refractivity contribution in [3.8, 4) is 11.8 Å². The molecule has 1 aromatic rings. The Labute approximate surface area is 125 Å². The van der Waals surface area contributed by atoms with Crippen LogP contribution in [0.15, 0.2) is 18.2 Å². The molecule has 0 saturated carbocycles. The van der Waals surface area contributed by atoms with Crippen molar-refractivity contribution >= 4 is 5.91 Å². The van der Waals surface area contributed by atoms with Crippen molar-refractivity contribution in [1.29, 1.82) is 0 Å². The zero-order valence-electron chi connectivity index (χ0n) is 12.8. The molecule has 0 radical (unpaired) electrons. The van der Waals surface area contributed by atoms with Gasteiger partial charge in [0.25, 0.3) is 0 Å². The Hall–Kier alpha value is -1.90. The molecule has 21 heavy (non-hydrogen) atoms. The van der Waals surface area contributed by atoms with Crippen LogP contribution in [-0.2, 0) is 11.3 Å². The van der Waals surface area contributed by atoms with E-state index in [4.69, 9.17) is 5.73 Å². The highest BCUT2D eigenvalue weighted by atomic mass is 19.1. The van der Waals surface area contributed by atoms with Gasteiger partial charge < -0.3 is 10.6 Å². The van der Waals surface area contributed by atoms with Crippen LogP contribution in [0.5, 0.6) is 0 Å². The van der Waals surface area contributed by atoms with E-state index < -0.39 is 0 Å². The molecule has 0 aromatic heterocycles. The number of halogens is 1. The third kappa shape index (κ3) is 5.94. The molecule has 0 aliphatic carbocycles. The predicted octanol–water partition coefficient (Wildman–Crippen LogP) is 1.05. The quantitative estimate of drug-likeness (QED) is 0.825. The van der Waals surface area contributed by atoms with Crippen LogP contribution in [0, 0.1) is 17.7 Å². The summed E-state index contributed by atoms with van der Waals surface area (Å²) >= 11 is 0. The van der Waals surface area contributed by atoms with Crippen LogP contribution in [0.1, 0.15) is 18.1 Å². The Balaban J connectivity index is 2.84. The first-order chi connectivity index (χ1) is 9.96. The van der Waals surface area contributed by atoms with Crippen molar-refractivity contribution in [3.05, 3.63) is 35.1 Å². The van der Waals surface area contributed by atoms with Crippen molar-refractivity contribution in [2.24, 2.45) is 5.73 Å². The maximum absolute atomic E-state index is 13.6. The molecule has 5 heteroatoms. The van der Waals surface area contributed by atoms with Crippen LogP contribution in [0.3, 0.4) is 0 Å². The third-order valence-electron chi connectivity index (χ3n) is 3.00. The van der Waals surface area contributed by atoms with Crippen LogP contribution in [0.2, 0.25) is 0 Å². The second-order valence-corrected chi connectivity index (χ2v) is 4.95. The number of hydrogen-bond donors (Lipinski definition) is 1. The van der Waals surface area contributed by atoms with E-state index in [2.05, 4.69) is 11.8 Å². The lowest BCUT2D eigenvalue weighted by atomic mass is 10.1. The van der Waals surface area contributed by atoms with E-state index in [1.165, 1.54) is 12.1 Å². The van der Waals surface area contributed by atoms with Crippen molar-refractivity contribution in [3.63, 3.8) is 0 Å². The lowest BCUT2D eigenvalue weighted by Crippen LogP contribution is -2.36.